The van der Waals surface area contributed by atoms with Gasteiger partial charge in [-0.05, 0) is 13.3 Å². The number of hydrogen-bond acceptors (Lipinski definition) is 1. The van der Waals surface area contributed by atoms with Crippen LogP contribution in [0.1, 0.15) is 26.7 Å². The van der Waals surface area contributed by atoms with Gasteiger partial charge in [-0.3, -0.25) is 4.90 Å². The highest BCUT2D eigenvalue weighted by Crippen LogP contribution is 2.05. The average molecular weight is 204 g/mol. The molecule has 1 atom stereocenters. The van der Waals surface area contributed by atoms with Crippen molar-refractivity contribution in [2.75, 3.05) is 13.1 Å². The number of nitrogens with zero attached hydrogens (tertiary/aromatic N) is 1. The Balaban J connectivity index is 0. The number of hydrogen-bond donors (Lipinski definition) is 0. The van der Waals surface area contributed by atoms with Gasteiger partial charge >= 0.3 is 0 Å². The maximum Gasteiger partial charge on any atom is 0.0166 e. The van der Waals surface area contributed by atoms with Gasteiger partial charge < -0.3 is 0 Å². The zero-order valence-electron chi connectivity index (χ0n) is 8.83. The fourth-order valence-corrected chi connectivity index (χ4v) is 1.37. The van der Waals surface area contributed by atoms with Crippen molar-refractivity contribution in [2.24, 2.45) is 0 Å². The fourth-order valence-electron chi connectivity index (χ4n) is 1.37. The Hall–Kier alpha value is -0.270. The summed E-state index contributed by atoms with van der Waals surface area (Å²) < 4.78 is 0. The van der Waals surface area contributed by atoms with E-state index in [1.165, 1.54) is 12.8 Å². The van der Waals surface area contributed by atoms with Crippen molar-refractivity contribution in [3.8, 4) is 0 Å². The van der Waals surface area contributed by atoms with E-state index in [0.29, 0.717) is 6.04 Å². The summed E-state index contributed by atoms with van der Waals surface area (Å²) in [5.41, 5.74) is 0. The highest BCUT2D eigenvalue weighted by atomic mass is 35.5. The third kappa shape index (κ3) is 6.85. The lowest BCUT2D eigenvalue weighted by atomic mass is 10.1. The van der Waals surface area contributed by atoms with Crippen LogP contribution in [0.3, 0.4) is 0 Å². The normalized spacial score (nSPS) is 11.9. The summed E-state index contributed by atoms with van der Waals surface area (Å²) in [6.07, 6.45) is 6.40. The molecule has 0 radical (unpaired) electrons. The van der Waals surface area contributed by atoms with Crippen molar-refractivity contribution < 1.29 is 0 Å². The standard InChI is InChI=1S/C11H21N.ClH/c1-5-8-11(4)12(9-6-2)10-7-3;/h6-7,11H,2-3,5,8-10H2,1,4H3;1H. The molecule has 13 heavy (non-hydrogen) atoms. The van der Waals surface area contributed by atoms with Gasteiger partial charge in [0.05, 0.1) is 0 Å². The van der Waals surface area contributed by atoms with Gasteiger partial charge in [-0.1, -0.05) is 25.5 Å². The third-order valence-electron chi connectivity index (χ3n) is 2.06. The predicted octanol–water partition coefficient (Wildman–Crippen LogP) is 3.27. The van der Waals surface area contributed by atoms with E-state index in [0.717, 1.165) is 13.1 Å². The molecule has 0 aliphatic carbocycles. The molecule has 0 saturated carbocycles. The van der Waals surface area contributed by atoms with Crippen molar-refractivity contribution in [3.63, 3.8) is 0 Å². The SMILES string of the molecule is C=CCN(CC=C)C(C)CCC.Cl. The van der Waals surface area contributed by atoms with Crippen molar-refractivity contribution in [1.29, 1.82) is 0 Å². The molecule has 0 aromatic rings. The molecule has 0 N–H and O–H groups in total. The molecule has 0 aliphatic rings. The Morgan fingerprint density at radius 3 is 2.00 bits per heavy atom. The van der Waals surface area contributed by atoms with E-state index in [4.69, 9.17) is 0 Å². The molecule has 0 aromatic heterocycles. The van der Waals surface area contributed by atoms with E-state index in [1.54, 1.807) is 0 Å². The van der Waals surface area contributed by atoms with Crippen LogP contribution in [0.4, 0.5) is 0 Å². The first kappa shape index (κ1) is 15.2. The summed E-state index contributed by atoms with van der Waals surface area (Å²) >= 11 is 0. The zero-order valence-corrected chi connectivity index (χ0v) is 9.65. The number of halogens is 1. The third-order valence-corrected chi connectivity index (χ3v) is 2.06. The van der Waals surface area contributed by atoms with Crippen molar-refractivity contribution in [3.05, 3.63) is 25.3 Å². The van der Waals surface area contributed by atoms with Crippen LogP contribution in [0, 0.1) is 0 Å². The maximum atomic E-state index is 3.75. The molecule has 0 bridgehead atoms. The van der Waals surface area contributed by atoms with Crippen LogP contribution in [-0.2, 0) is 0 Å². The largest absolute Gasteiger partial charge is 0.293 e. The van der Waals surface area contributed by atoms with Gasteiger partial charge in [0.2, 0.25) is 0 Å². The van der Waals surface area contributed by atoms with Gasteiger partial charge in [0.15, 0.2) is 0 Å². The van der Waals surface area contributed by atoms with Crippen molar-refractivity contribution in [2.45, 2.75) is 32.7 Å². The van der Waals surface area contributed by atoms with Crippen molar-refractivity contribution in [1.82, 2.24) is 4.90 Å². The average Bonchev–Trinajstić information content (AvgIpc) is 2.04. The molecule has 0 aromatic carbocycles. The molecule has 1 nitrogen and oxygen atoms in total. The number of rotatable bonds is 7. The minimum absolute atomic E-state index is 0. The van der Waals surface area contributed by atoms with Crippen LogP contribution >= 0.6 is 12.4 Å². The monoisotopic (exact) mass is 203 g/mol. The molecule has 0 fully saturated rings. The molecule has 0 rings (SSSR count). The lowest BCUT2D eigenvalue weighted by molar-refractivity contribution is 0.243. The second kappa shape index (κ2) is 9.82. The highest BCUT2D eigenvalue weighted by Gasteiger charge is 2.08. The topological polar surface area (TPSA) is 3.24 Å². The predicted molar refractivity (Wildman–Crippen MR) is 63.6 cm³/mol. The van der Waals surface area contributed by atoms with Crippen LogP contribution in [-0.4, -0.2) is 24.0 Å². The van der Waals surface area contributed by atoms with Crippen LogP contribution < -0.4 is 0 Å². The first-order valence-corrected chi connectivity index (χ1v) is 4.72. The van der Waals surface area contributed by atoms with Gasteiger partial charge in [-0.2, -0.15) is 0 Å². The first-order valence-electron chi connectivity index (χ1n) is 4.72. The highest BCUT2D eigenvalue weighted by molar-refractivity contribution is 5.85. The zero-order chi connectivity index (χ0) is 9.40. The molecule has 2 heteroatoms. The molecule has 0 saturated heterocycles. The van der Waals surface area contributed by atoms with Crippen molar-refractivity contribution >= 4 is 12.4 Å². The summed E-state index contributed by atoms with van der Waals surface area (Å²) in [6.45, 7) is 13.9. The van der Waals surface area contributed by atoms with E-state index >= 15 is 0 Å². The summed E-state index contributed by atoms with van der Waals surface area (Å²) in [4.78, 5) is 2.38. The molecule has 0 aliphatic heterocycles. The molecular formula is C11H22ClN. The smallest absolute Gasteiger partial charge is 0.0166 e. The van der Waals surface area contributed by atoms with Gasteiger partial charge in [0, 0.05) is 19.1 Å². The van der Waals surface area contributed by atoms with Crippen LogP contribution in [0.25, 0.3) is 0 Å². The van der Waals surface area contributed by atoms with Gasteiger partial charge in [-0.15, -0.1) is 25.6 Å². The lowest BCUT2D eigenvalue weighted by Crippen LogP contribution is -2.33. The maximum absolute atomic E-state index is 3.75. The minimum Gasteiger partial charge on any atom is -0.293 e. The summed E-state index contributed by atoms with van der Waals surface area (Å²) in [5.74, 6) is 0. The van der Waals surface area contributed by atoms with E-state index < -0.39 is 0 Å². The molecule has 1 unspecified atom stereocenters. The molecule has 0 spiro atoms. The molecule has 0 heterocycles. The molecular weight excluding hydrogens is 182 g/mol. The molecule has 78 valence electrons. The Bertz CT molecular complexity index is 124. The minimum atomic E-state index is 0. The fraction of sp³-hybridized carbons (Fsp3) is 0.636. The van der Waals surface area contributed by atoms with Gasteiger partial charge in [0.1, 0.15) is 0 Å². The van der Waals surface area contributed by atoms with Crippen LogP contribution in [0.15, 0.2) is 25.3 Å². The Labute approximate surface area is 88.9 Å². The second-order valence-corrected chi connectivity index (χ2v) is 3.17. The molecule has 0 amide bonds. The summed E-state index contributed by atoms with van der Waals surface area (Å²) in [7, 11) is 0. The van der Waals surface area contributed by atoms with Crippen LogP contribution in [0.5, 0.6) is 0 Å². The lowest BCUT2D eigenvalue weighted by Gasteiger charge is -2.26. The summed E-state index contributed by atoms with van der Waals surface area (Å²) in [6, 6.07) is 0.644. The quantitative estimate of drug-likeness (QED) is 0.575. The Kier molecular flexibility index (Phi) is 11.5. The van der Waals surface area contributed by atoms with E-state index in [1.807, 2.05) is 12.2 Å². The Morgan fingerprint density at radius 1 is 1.23 bits per heavy atom. The van der Waals surface area contributed by atoms with E-state index in [2.05, 4.69) is 31.9 Å². The van der Waals surface area contributed by atoms with Crippen LogP contribution in [0.2, 0.25) is 0 Å². The van der Waals surface area contributed by atoms with Gasteiger partial charge in [0.25, 0.3) is 0 Å². The van der Waals surface area contributed by atoms with E-state index in [-0.39, 0.29) is 12.4 Å². The Morgan fingerprint density at radius 2 is 1.69 bits per heavy atom. The first-order chi connectivity index (χ1) is 5.76. The van der Waals surface area contributed by atoms with Gasteiger partial charge in [-0.25, -0.2) is 0 Å². The van der Waals surface area contributed by atoms with E-state index in [9.17, 15) is 0 Å². The second-order valence-electron chi connectivity index (χ2n) is 3.17. The summed E-state index contributed by atoms with van der Waals surface area (Å²) in [5, 5.41) is 0.